The molecule has 10 aromatic carbocycles. The van der Waals surface area contributed by atoms with Gasteiger partial charge in [0.2, 0.25) is 0 Å². The Balaban J connectivity index is 0.941. The highest BCUT2D eigenvalue weighted by Crippen LogP contribution is 2.52. The fourth-order valence-electron chi connectivity index (χ4n) is 10.1. The zero-order valence-corrected chi connectivity index (χ0v) is 36.4. The maximum absolute atomic E-state index is 7.04. The molecule has 0 N–H and O–H groups in total. The van der Waals surface area contributed by atoms with Crippen molar-refractivity contribution in [3.63, 3.8) is 0 Å². The van der Waals surface area contributed by atoms with Gasteiger partial charge in [0.1, 0.15) is 11.5 Å². The van der Waals surface area contributed by atoms with E-state index in [0.29, 0.717) is 0 Å². The molecule has 0 unspecified atom stereocenters. The Morgan fingerprint density at radius 3 is 1.23 bits per heavy atom. The third-order valence-corrected chi connectivity index (χ3v) is 13.5. The minimum Gasteiger partial charge on any atom is -0.456 e. The van der Waals surface area contributed by atoms with Crippen LogP contribution in [0.5, 0.6) is 11.5 Å². The molecule has 2 nitrogen and oxygen atoms in total. The van der Waals surface area contributed by atoms with Crippen LogP contribution in [0.15, 0.2) is 237 Å². The topological polar surface area (TPSA) is 12.5 Å². The fourth-order valence-corrected chi connectivity index (χ4v) is 10.1. The van der Waals surface area contributed by atoms with Crippen LogP contribution in [0.1, 0.15) is 25.0 Å². The van der Waals surface area contributed by atoms with E-state index < -0.39 is 0 Å². The molecule has 1 heterocycles. The van der Waals surface area contributed by atoms with Crippen molar-refractivity contribution < 1.29 is 4.74 Å². The Labute approximate surface area is 381 Å². The van der Waals surface area contributed by atoms with Gasteiger partial charge in [-0.1, -0.05) is 184 Å². The third-order valence-electron chi connectivity index (χ3n) is 13.5. The van der Waals surface area contributed by atoms with Crippen LogP contribution in [0.2, 0.25) is 0 Å². The standard InChI is InChI=1S/C63H45NO/c1-63(2)59-21-13-12-20-54(59)55-37-33-52(41-60(55)63)64(50-29-22-45(23-30-50)42-14-6-3-7-15-42)51-31-24-46(25-32-51)49-27-35-56-53-34-26-47(43-16-8-4-9-17-43)38-58(53)57-36-28-48(44-18-10-5-11-19-44)39-62(57)65-61(56)40-49/h3-41H,1-2H3. The SMILES string of the molecule is CC1(C)c2ccccc2-c2ccc(N(c3ccc(-c4ccccc4)cc3)c3ccc(-c4ccc5c(c4)Oc4cc(-c6ccccc6)ccc4-c4cc(-c6ccccc6)ccc4-5)cc3)cc21. The molecule has 0 aromatic heterocycles. The van der Waals surface area contributed by atoms with Crippen molar-refractivity contribution in [1.82, 2.24) is 0 Å². The van der Waals surface area contributed by atoms with E-state index in [2.05, 4.69) is 255 Å². The van der Waals surface area contributed by atoms with Crippen molar-refractivity contribution in [3.8, 4) is 89.4 Å². The predicted molar refractivity (Wildman–Crippen MR) is 271 cm³/mol. The monoisotopic (exact) mass is 831 g/mol. The minimum atomic E-state index is -0.115. The predicted octanol–water partition coefficient (Wildman–Crippen LogP) is 17.6. The summed E-state index contributed by atoms with van der Waals surface area (Å²) in [6, 6.07) is 85.6. The van der Waals surface area contributed by atoms with Gasteiger partial charge < -0.3 is 9.64 Å². The molecule has 308 valence electrons. The first-order valence-electron chi connectivity index (χ1n) is 22.5. The largest absolute Gasteiger partial charge is 0.456 e. The maximum Gasteiger partial charge on any atom is 0.135 e. The van der Waals surface area contributed by atoms with Crippen molar-refractivity contribution in [2.75, 3.05) is 4.90 Å². The first-order valence-corrected chi connectivity index (χ1v) is 22.5. The molecule has 0 spiro atoms. The van der Waals surface area contributed by atoms with E-state index in [-0.39, 0.29) is 5.41 Å². The second kappa shape index (κ2) is 15.6. The molecule has 0 saturated heterocycles. The number of benzene rings is 10. The molecule has 12 rings (SSSR count). The summed E-state index contributed by atoms with van der Waals surface area (Å²) >= 11 is 0. The summed E-state index contributed by atoms with van der Waals surface area (Å²) in [5.74, 6) is 1.68. The number of nitrogens with zero attached hydrogens (tertiary/aromatic N) is 1. The summed E-state index contributed by atoms with van der Waals surface area (Å²) in [6.07, 6.45) is 0. The van der Waals surface area contributed by atoms with Gasteiger partial charge in [-0.2, -0.15) is 0 Å². The third kappa shape index (κ3) is 6.74. The number of anilines is 3. The van der Waals surface area contributed by atoms with E-state index in [1.54, 1.807) is 0 Å². The lowest BCUT2D eigenvalue weighted by atomic mass is 9.82. The first-order chi connectivity index (χ1) is 32.0. The Morgan fingerprint density at radius 2 is 0.662 bits per heavy atom. The second-order valence-electron chi connectivity index (χ2n) is 17.7. The number of fused-ring (bicyclic) bond motifs is 8. The maximum atomic E-state index is 7.04. The Bertz CT molecular complexity index is 3390. The van der Waals surface area contributed by atoms with Gasteiger partial charge in [-0.15, -0.1) is 0 Å². The van der Waals surface area contributed by atoms with Gasteiger partial charge in [0.25, 0.3) is 0 Å². The van der Waals surface area contributed by atoms with Crippen LogP contribution in [-0.4, -0.2) is 0 Å². The molecule has 0 fully saturated rings. The lowest BCUT2D eigenvalue weighted by molar-refractivity contribution is 0.488. The number of rotatable bonds is 7. The average Bonchev–Trinajstić information content (AvgIpc) is 3.50. The summed E-state index contributed by atoms with van der Waals surface area (Å²) in [7, 11) is 0. The van der Waals surface area contributed by atoms with E-state index >= 15 is 0 Å². The molecule has 65 heavy (non-hydrogen) atoms. The van der Waals surface area contributed by atoms with Crippen LogP contribution in [0, 0.1) is 0 Å². The van der Waals surface area contributed by atoms with Crippen LogP contribution in [-0.2, 0) is 5.41 Å². The van der Waals surface area contributed by atoms with Crippen LogP contribution in [0.4, 0.5) is 17.1 Å². The highest BCUT2D eigenvalue weighted by Gasteiger charge is 2.36. The average molecular weight is 832 g/mol. The number of ether oxygens (including phenoxy) is 1. The van der Waals surface area contributed by atoms with Gasteiger partial charge in [0, 0.05) is 33.6 Å². The van der Waals surface area contributed by atoms with Crippen LogP contribution in [0.3, 0.4) is 0 Å². The number of hydrogen-bond donors (Lipinski definition) is 0. The molecule has 2 aliphatic rings. The number of hydrogen-bond acceptors (Lipinski definition) is 2. The molecule has 1 aliphatic heterocycles. The highest BCUT2D eigenvalue weighted by atomic mass is 16.5. The summed E-state index contributed by atoms with van der Waals surface area (Å²) in [4.78, 5) is 2.39. The molecule has 2 heteroatoms. The summed E-state index contributed by atoms with van der Waals surface area (Å²) in [6.45, 7) is 4.70. The molecule has 0 bridgehead atoms. The van der Waals surface area contributed by atoms with Crippen molar-refractivity contribution in [3.05, 3.63) is 248 Å². The molecular weight excluding hydrogens is 787 g/mol. The van der Waals surface area contributed by atoms with Gasteiger partial charge >= 0.3 is 0 Å². The van der Waals surface area contributed by atoms with Gasteiger partial charge in [-0.3, -0.25) is 0 Å². The second-order valence-corrected chi connectivity index (χ2v) is 17.7. The van der Waals surface area contributed by atoms with Gasteiger partial charge in [-0.05, 0) is 145 Å². The van der Waals surface area contributed by atoms with Gasteiger partial charge in [0.15, 0.2) is 0 Å². The highest BCUT2D eigenvalue weighted by molar-refractivity contribution is 5.95. The Kier molecular flexibility index (Phi) is 9.21. The van der Waals surface area contributed by atoms with Gasteiger partial charge in [-0.25, -0.2) is 0 Å². The molecule has 0 atom stereocenters. The minimum absolute atomic E-state index is 0.115. The van der Waals surface area contributed by atoms with E-state index in [4.69, 9.17) is 4.74 Å². The van der Waals surface area contributed by atoms with E-state index in [1.165, 1.54) is 44.5 Å². The van der Waals surface area contributed by atoms with Crippen LogP contribution < -0.4 is 9.64 Å². The van der Waals surface area contributed by atoms with Crippen LogP contribution >= 0.6 is 0 Å². The molecule has 10 aromatic rings. The van der Waals surface area contributed by atoms with Crippen molar-refractivity contribution in [1.29, 1.82) is 0 Å². The smallest absolute Gasteiger partial charge is 0.135 e. The summed E-state index contributed by atoms with van der Waals surface area (Å²) < 4.78 is 7.04. The van der Waals surface area contributed by atoms with E-state index in [1.807, 2.05) is 0 Å². The molecule has 0 radical (unpaired) electrons. The molecular formula is C63H45NO. The van der Waals surface area contributed by atoms with Crippen LogP contribution in [0.25, 0.3) is 77.9 Å². The molecule has 0 amide bonds. The van der Waals surface area contributed by atoms with Crippen molar-refractivity contribution >= 4 is 17.1 Å². The summed E-state index contributed by atoms with van der Waals surface area (Å²) in [5.41, 5.74) is 22.3. The summed E-state index contributed by atoms with van der Waals surface area (Å²) in [5, 5.41) is 0. The van der Waals surface area contributed by atoms with Gasteiger partial charge in [0.05, 0.1) is 0 Å². The van der Waals surface area contributed by atoms with E-state index in [9.17, 15) is 0 Å². The fraction of sp³-hybridized carbons (Fsp3) is 0.0476. The quantitative estimate of drug-likeness (QED) is 0.159. The lowest BCUT2D eigenvalue weighted by Gasteiger charge is -2.28. The van der Waals surface area contributed by atoms with E-state index in [0.717, 1.165) is 73.1 Å². The Hall–Kier alpha value is -8.20. The zero-order chi connectivity index (χ0) is 43.5. The molecule has 1 aliphatic carbocycles. The lowest BCUT2D eigenvalue weighted by Crippen LogP contribution is -2.16. The Morgan fingerprint density at radius 1 is 0.277 bits per heavy atom. The first kappa shape index (κ1) is 38.5. The molecule has 0 saturated carbocycles. The normalized spacial score (nSPS) is 12.7. The van der Waals surface area contributed by atoms with Crippen molar-refractivity contribution in [2.24, 2.45) is 0 Å². The zero-order valence-electron chi connectivity index (χ0n) is 36.4. The van der Waals surface area contributed by atoms with Crippen molar-refractivity contribution in [2.45, 2.75) is 19.3 Å².